The molecule has 1 saturated heterocycles. The summed E-state index contributed by atoms with van der Waals surface area (Å²) in [6.45, 7) is 7.39. The van der Waals surface area contributed by atoms with Gasteiger partial charge >= 0.3 is 6.09 Å². The zero-order chi connectivity index (χ0) is 15.5. The molecule has 2 N–H and O–H groups in total. The number of piperidine rings is 1. The van der Waals surface area contributed by atoms with Crippen molar-refractivity contribution >= 4 is 6.09 Å². The molecule has 21 heavy (non-hydrogen) atoms. The van der Waals surface area contributed by atoms with E-state index in [1.807, 2.05) is 25.7 Å². The number of amides is 1. The summed E-state index contributed by atoms with van der Waals surface area (Å²) in [7, 11) is 0. The van der Waals surface area contributed by atoms with Gasteiger partial charge in [-0.3, -0.25) is 0 Å². The van der Waals surface area contributed by atoms with E-state index in [0.717, 1.165) is 25.9 Å². The Morgan fingerprint density at radius 1 is 1.19 bits per heavy atom. The van der Waals surface area contributed by atoms with Crippen LogP contribution in [0.5, 0.6) is 0 Å². The van der Waals surface area contributed by atoms with E-state index >= 15 is 0 Å². The second-order valence-electron chi connectivity index (χ2n) is 7.69. The molecular weight excluding hydrogens is 264 g/mol. The molecule has 0 radical (unpaired) electrons. The normalized spacial score (nSPS) is 27.9. The first-order valence-electron chi connectivity index (χ1n) is 8.62. The Hall–Kier alpha value is -0.770. The fraction of sp³-hybridized carbons (Fsp3) is 0.941. The zero-order valence-electron chi connectivity index (χ0n) is 13.9. The van der Waals surface area contributed by atoms with Gasteiger partial charge in [0.2, 0.25) is 0 Å². The van der Waals surface area contributed by atoms with Gasteiger partial charge in [-0.25, -0.2) is 4.79 Å². The van der Waals surface area contributed by atoms with Gasteiger partial charge in [-0.15, -0.1) is 0 Å². The lowest BCUT2D eigenvalue weighted by molar-refractivity contribution is -0.0123. The van der Waals surface area contributed by atoms with Crippen molar-refractivity contribution in [1.82, 2.24) is 4.90 Å². The molecule has 0 spiro atoms. The van der Waals surface area contributed by atoms with Crippen LogP contribution in [0.4, 0.5) is 4.79 Å². The highest BCUT2D eigenvalue weighted by Crippen LogP contribution is 2.39. The lowest BCUT2D eigenvalue weighted by atomic mass is 9.79. The minimum Gasteiger partial charge on any atom is -0.444 e. The van der Waals surface area contributed by atoms with E-state index in [0.29, 0.717) is 17.9 Å². The Labute approximate surface area is 129 Å². The molecule has 2 atom stereocenters. The molecule has 0 bridgehead atoms. The molecule has 4 heteroatoms. The Balaban J connectivity index is 2.13. The summed E-state index contributed by atoms with van der Waals surface area (Å²) >= 11 is 0. The molecule has 0 aromatic rings. The van der Waals surface area contributed by atoms with Crippen LogP contribution in [0.3, 0.4) is 0 Å². The summed E-state index contributed by atoms with van der Waals surface area (Å²) in [5.41, 5.74) is 5.39. The van der Waals surface area contributed by atoms with E-state index in [4.69, 9.17) is 10.5 Å². The highest BCUT2D eigenvalue weighted by Gasteiger charge is 2.41. The highest BCUT2D eigenvalue weighted by atomic mass is 16.6. The molecule has 0 aromatic carbocycles. The SMILES string of the molecule is CC(C)(C)OC(=O)N1CCCC(CCN)C1C1CCCC1. The molecule has 1 amide bonds. The third-order valence-electron chi connectivity index (χ3n) is 4.87. The average Bonchev–Trinajstić information content (AvgIpc) is 2.90. The lowest BCUT2D eigenvalue weighted by Gasteiger charge is -2.44. The van der Waals surface area contributed by atoms with Gasteiger partial charge in [0.1, 0.15) is 5.60 Å². The quantitative estimate of drug-likeness (QED) is 0.866. The van der Waals surface area contributed by atoms with Crippen LogP contribution in [0.25, 0.3) is 0 Å². The molecule has 2 rings (SSSR count). The minimum absolute atomic E-state index is 0.124. The summed E-state index contributed by atoms with van der Waals surface area (Å²) in [5, 5.41) is 0. The predicted molar refractivity (Wildman–Crippen MR) is 85.1 cm³/mol. The van der Waals surface area contributed by atoms with Crippen LogP contribution in [0, 0.1) is 11.8 Å². The van der Waals surface area contributed by atoms with Crippen LogP contribution in [0.1, 0.15) is 65.7 Å². The number of nitrogens with zero attached hydrogens (tertiary/aromatic N) is 1. The van der Waals surface area contributed by atoms with Crippen molar-refractivity contribution in [2.24, 2.45) is 17.6 Å². The molecule has 1 aliphatic heterocycles. The van der Waals surface area contributed by atoms with Crippen molar-refractivity contribution in [3.8, 4) is 0 Å². The third kappa shape index (κ3) is 4.35. The summed E-state index contributed by atoms with van der Waals surface area (Å²) in [6.07, 6.45) is 8.31. The summed E-state index contributed by atoms with van der Waals surface area (Å²) in [5.74, 6) is 1.20. The molecular formula is C17H32N2O2. The number of likely N-dealkylation sites (tertiary alicyclic amines) is 1. The van der Waals surface area contributed by atoms with E-state index in [2.05, 4.69) is 0 Å². The second-order valence-corrected chi connectivity index (χ2v) is 7.69. The third-order valence-corrected chi connectivity index (χ3v) is 4.87. The van der Waals surface area contributed by atoms with Gasteiger partial charge in [0.15, 0.2) is 0 Å². The zero-order valence-corrected chi connectivity index (χ0v) is 13.9. The molecule has 0 aromatic heterocycles. The van der Waals surface area contributed by atoms with Gasteiger partial charge in [-0.2, -0.15) is 0 Å². The number of hydrogen-bond donors (Lipinski definition) is 1. The summed E-state index contributed by atoms with van der Waals surface area (Å²) in [4.78, 5) is 14.6. The summed E-state index contributed by atoms with van der Waals surface area (Å²) in [6, 6.07) is 0.347. The first-order chi connectivity index (χ1) is 9.92. The van der Waals surface area contributed by atoms with E-state index in [9.17, 15) is 4.79 Å². The van der Waals surface area contributed by atoms with Crippen LogP contribution in [-0.2, 0) is 4.74 Å². The van der Waals surface area contributed by atoms with Crippen molar-refractivity contribution in [3.63, 3.8) is 0 Å². The standard InChI is InChI=1S/C17H32N2O2/c1-17(2,3)21-16(20)19-12-6-9-14(10-11-18)15(19)13-7-4-5-8-13/h13-15H,4-12,18H2,1-3H3. The fourth-order valence-corrected chi connectivity index (χ4v) is 4.10. The Bertz CT molecular complexity index is 343. The number of carbonyl (C=O) groups is 1. The Morgan fingerprint density at radius 3 is 2.43 bits per heavy atom. The highest BCUT2D eigenvalue weighted by molar-refractivity contribution is 5.68. The van der Waals surface area contributed by atoms with E-state index < -0.39 is 5.60 Å². The maximum atomic E-state index is 12.6. The van der Waals surface area contributed by atoms with Gasteiger partial charge in [0.05, 0.1) is 0 Å². The molecule has 1 saturated carbocycles. The van der Waals surface area contributed by atoms with E-state index in [1.165, 1.54) is 32.1 Å². The van der Waals surface area contributed by atoms with E-state index in [-0.39, 0.29) is 6.09 Å². The van der Waals surface area contributed by atoms with Gasteiger partial charge in [0.25, 0.3) is 0 Å². The van der Waals surface area contributed by atoms with Gasteiger partial charge in [0, 0.05) is 12.6 Å². The van der Waals surface area contributed by atoms with Crippen molar-refractivity contribution in [1.29, 1.82) is 0 Å². The van der Waals surface area contributed by atoms with Crippen molar-refractivity contribution in [2.45, 2.75) is 77.4 Å². The molecule has 1 heterocycles. The van der Waals surface area contributed by atoms with Crippen LogP contribution in [0.15, 0.2) is 0 Å². The largest absolute Gasteiger partial charge is 0.444 e. The van der Waals surface area contributed by atoms with Gasteiger partial charge in [-0.1, -0.05) is 12.8 Å². The van der Waals surface area contributed by atoms with Crippen LogP contribution in [-0.4, -0.2) is 35.7 Å². The first-order valence-corrected chi connectivity index (χ1v) is 8.62. The molecule has 2 unspecified atom stereocenters. The smallest absolute Gasteiger partial charge is 0.410 e. The maximum Gasteiger partial charge on any atom is 0.410 e. The molecule has 2 aliphatic rings. The molecule has 2 fully saturated rings. The number of nitrogens with two attached hydrogens (primary N) is 1. The van der Waals surface area contributed by atoms with Gasteiger partial charge in [-0.05, 0) is 71.3 Å². The number of ether oxygens (including phenoxy) is 1. The first kappa shape index (κ1) is 16.6. The van der Waals surface area contributed by atoms with Gasteiger partial charge < -0.3 is 15.4 Å². The number of rotatable bonds is 3. The monoisotopic (exact) mass is 296 g/mol. The minimum atomic E-state index is -0.419. The van der Waals surface area contributed by atoms with Crippen LogP contribution < -0.4 is 5.73 Å². The topological polar surface area (TPSA) is 55.6 Å². The lowest BCUT2D eigenvalue weighted by Crippen LogP contribution is -2.53. The van der Waals surface area contributed by atoms with E-state index in [1.54, 1.807) is 0 Å². The second kappa shape index (κ2) is 6.99. The number of hydrogen-bond acceptors (Lipinski definition) is 3. The number of carbonyl (C=O) groups excluding carboxylic acids is 1. The van der Waals surface area contributed by atoms with Crippen LogP contribution in [0.2, 0.25) is 0 Å². The Morgan fingerprint density at radius 2 is 1.86 bits per heavy atom. The fourth-order valence-electron chi connectivity index (χ4n) is 4.10. The van der Waals surface area contributed by atoms with Crippen LogP contribution >= 0.6 is 0 Å². The average molecular weight is 296 g/mol. The molecule has 122 valence electrons. The van der Waals surface area contributed by atoms with Crippen molar-refractivity contribution in [2.75, 3.05) is 13.1 Å². The molecule has 1 aliphatic carbocycles. The van der Waals surface area contributed by atoms with Crippen molar-refractivity contribution < 1.29 is 9.53 Å². The summed E-state index contributed by atoms with van der Waals surface area (Å²) < 4.78 is 5.65. The Kier molecular flexibility index (Phi) is 5.53. The maximum absolute atomic E-state index is 12.6. The molecule has 4 nitrogen and oxygen atoms in total. The predicted octanol–water partition coefficient (Wildman–Crippen LogP) is 3.54. The van der Waals surface area contributed by atoms with Crippen molar-refractivity contribution in [3.05, 3.63) is 0 Å².